The summed E-state index contributed by atoms with van der Waals surface area (Å²) in [4.78, 5) is 29.0. The highest BCUT2D eigenvalue weighted by molar-refractivity contribution is 5.96. The molecule has 3 aliphatic rings. The number of rotatable bonds is 11. The lowest BCUT2D eigenvalue weighted by Crippen LogP contribution is -2.38. The van der Waals surface area contributed by atoms with E-state index in [1.165, 1.54) is 56.3 Å². The number of amides is 2. The predicted molar refractivity (Wildman–Crippen MR) is 155 cm³/mol. The molecule has 1 aromatic carbocycles. The minimum Gasteiger partial charge on any atom is -0.481 e. The molecule has 2 atom stereocenters. The smallest absolute Gasteiger partial charge is 0.329 e. The molecular formula is C32H45N3O3. The van der Waals surface area contributed by atoms with Crippen molar-refractivity contribution in [3.8, 4) is 0 Å². The molecule has 2 heterocycles. The van der Waals surface area contributed by atoms with E-state index in [1.807, 2.05) is 22.0 Å². The lowest BCUT2D eigenvalue weighted by molar-refractivity contribution is -0.134. The van der Waals surface area contributed by atoms with E-state index >= 15 is 0 Å². The molecule has 2 fully saturated rings. The maximum Gasteiger partial charge on any atom is 0.329 e. The molecule has 1 aliphatic carbocycles. The van der Waals surface area contributed by atoms with Crippen molar-refractivity contribution in [1.82, 2.24) is 9.80 Å². The van der Waals surface area contributed by atoms with Gasteiger partial charge in [-0.1, -0.05) is 51.3 Å². The molecule has 2 amide bonds. The first-order chi connectivity index (χ1) is 18.3. The van der Waals surface area contributed by atoms with Gasteiger partial charge in [0.2, 0.25) is 0 Å². The van der Waals surface area contributed by atoms with Crippen LogP contribution in [0.1, 0.15) is 71.8 Å². The second-order valence-corrected chi connectivity index (χ2v) is 10.6. The zero-order chi connectivity index (χ0) is 27.5. The number of carbonyl (C=O) groups excluding carboxylic acids is 1. The molecule has 2 unspecified atom stereocenters. The number of urea groups is 1. The van der Waals surface area contributed by atoms with Gasteiger partial charge in [0.05, 0.1) is 6.04 Å². The molecule has 0 bridgehead atoms. The Kier molecular flexibility index (Phi) is 11.4. The number of carboxylic acids is 1. The zero-order valence-electron chi connectivity index (χ0n) is 23.7. The number of carboxylic acid groups (broad SMARTS) is 1. The Hall–Kier alpha value is -3.08. The van der Waals surface area contributed by atoms with Crippen LogP contribution in [0.25, 0.3) is 0 Å². The summed E-state index contributed by atoms with van der Waals surface area (Å²) in [5.41, 5.74) is 8.06. The highest BCUT2D eigenvalue weighted by Crippen LogP contribution is 2.31. The Balaban J connectivity index is 0.000000934. The van der Waals surface area contributed by atoms with E-state index in [-0.39, 0.29) is 12.1 Å². The second kappa shape index (κ2) is 14.8. The van der Waals surface area contributed by atoms with Gasteiger partial charge in [-0.25, -0.2) is 4.79 Å². The van der Waals surface area contributed by atoms with Crippen LogP contribution >= 0.6 is 0 Å². The van der Waals surface area contributed by atoms with Crippen LogP contribution in [-0.2, 0) is 11.2 Å². The van der Waals surface area contributed by atoms with Crippen molar-refractivity contribution in [1.29, 1.82) is 0 Å². The number of benzene rings is 1. The average molecular weight is 520 g/mol. The number of hydrogen-bond acceptors (Lipinski definition) is 3. The van der Waals surface area contributed by atoms with Crippen molar-refractivity contribution >= 4 is 17.7 Å². The Morgan fingerprint density at radius 2 is 1.84 bits per heavy atom. The van der Waals surface area contributed by atoms with Gasteiger partial charge < -0.3 is 10.0 Å². The van der Waals surface area contributed by atoms with Gasteiger partial charge in [-0.15, -0.1) is 5.73 Å². The normalized spacial score (nSPS) is 19.8. The molecule has 206 valence electrons. The van der Waals surface area contributed by atoms with Gasteiger partial charge in [-0.2, -0.15) is 0 Å². The summed E-state index contributed by atoms with van der Waals surface area (Å²) in [5, 5.41) is 7.42. The first-order valence-corrected chi connectivity index (χ1v) is 14.3. The molecule has 6 nitrogen and oxygen atoms in total. The fourth-order valence-electron chi connectivity index (χ4n) is 5.24. The first-order valence-electron chi connectivity index (χ1n) is 14.3. The maximum atomic E-state index is 13.6. The molecule has 38 heavy (non-hydrogen) atoms. The zero-order valence-corrected chi connectivity index (χ0v) is 23.7. The maximum absolute atomic E-state index is 13.6. The molecule has 2 saturated heterocycles. The van der Waals surface area contributed by atoms with Crippen molar-refractivity contribution in [2.45, 2.75) is 78.7 Å². The number of hydrogen-bond donors (Lipinski definition) is 1. The fraction of sp³-hybridized carbons (Fsp3) is 0.531. The van der Waals surface area contributed by atoms with Crippen LogP contribution in [0.3, 0.4) is 0 Å². The molecule has 0 spiro atoms. The Labute approximate surface area is 229 Å². The molecule has 0 saturated carbocycles. The monoisotopic (exact) mass is 519 g/mol. The lowest BCUT2D eigenvalue weighted by Gasteiger charge is -2.30. The van der Waals surface area contributed by atoms with E-state index in [2.05, 4.69) is 67.8 Å². The van der Waals surface area contributed by atoms with Crippen LogP contribution in [-0.4, -0.2) is 59.1 Å². The van der Waals surface area contributed by atoms with Crippen LogP contribution in [0.15, 0.2) is 65.6 Å². The van der Waals surface area contributed by atoms with Crippen molar-refractivity contribution in [2.75, 3.05) is 31.1 Å². The van der Waals surface area contributed by atoms with Crippen molar-refractivity contribution < 1.29 is 14.7 Å². The van der Waals surface area contributed by atoms with Gasteiger partial charge in [0.25, 0.3) is 5.97 Å². The predicted octanol–water partition coefficient (Wildman–Crippen LogP) is 6.80. The minimum absolute atomic E-state index is 0.0681. The number of likely N-dealkylation sites (tertiary alicyclic amines) is 1. The summed E-state index contributed by atoms with van der Waals surface area (Å²) < 4.78 is 0. The second-order valence-electron chi connectivity index (χ2n) is 10.6. The quantitative estimate of drug-likeness (QED) is 0.327. The van der Waals surface area contributed by atoms with Crippen molar-refractivity contribution in [3.05, 3.63) is 71.1 Å². The fourth-order valence-corrected chi connectivity index (χ4v) is 5.24. The molecule has 4 rings (SSSR count). The van der Waals surface area contributed by atoms with Crippen LogP contribution in [0.5, 0.6) is 0 Å². The van der Waals surface area contributed by atoms with Crippen LogP contribution in [0.4, 0.5) is 10.5 Å². The largest absolute Gasteiger partial charge is 0.481 e. The summed E-state index contributed by atoms with van der Waals surface area (Å²) in [6, 6.07) is 8.82. The highest BCUT2D eigenvalue weighted by atomic mass is 16.4. The average Bonchev–Trinajstić information content (AvgIpc) is 3.00. The van der Waals surface area contributed by atoms with Gasteiger partial charge >= 0.3 is 6.03 Å². The van der Waals surface area contributed by atoms with Gasteiger partial charge in [0.1, 0.15) is 0 Å². The van der Waals surface area contributed by atoms with E-state index in [0.717, 1.165) is 37.7 Å². The van der Waals surface area contributed by atoms with Gasteiger partial charge in [0.15, 0.2) is 0 Å². The Morgan fingerprint density at radius 3 is 2.45 bits per heavy atom. The van der Waals surface area contributed by atoms with Gasteiger partial charge in [-0.05, 0) is 93.1 Å². The van der Waals surface area contributed by atoms with E-state index in [4.69, 9.17) is 9.90 Å². The molecule has 1 N–H and O–H groups in total. The van der Waals surface area contributed by atoms with E-state index < -0.39 is 5.97 Å². The molecule has 6 heteroatoms. The molecule has 0 aromatic heterocycles. The summed E-state index contributed by atoms with van der Waals surface area (Å²) in [6.07, 6.45) is 16.7. The van der Waals surface area contributed by atoms with E-state index in [1.54, 1.807) is 0 Å². The highest BCUT2D eigenvalue weighted by Gasteiger charge is 2.37. The number of aliphatic carboxylic acids is 1. The van der Waals surface area contributed by atoms with E-state index in [9.17, 15) is 4.79 Å². The third-order valence-corrected chi connectivity index (χ3v) is 7.42. The Bertz CT molecular complexity index is 1060. The van der Waals surface area contributed by atoms with Gasteiger partial charge in [-0.3, -0.25) is 14.6 Å². The van der Waals surface area contributed by atoms with Crippen LogP contribution in [0, 0.1) is 5.92 Å². The number of carbonyl (C=O) groups is 2. The van der Waals surface area contributed by atoms with E-state index in [0.29, 0.717) is 12.5 Å². The minimum atomic E-state index is -0.833. The molecular weight excluding hydrogens is 474 g/mol. The number of unbranched alkanes of at least 4 members (excludes halogenated alkanes) is 1. The van der Waals surface area contributed by atoms with Crippen molar-refractivity contribution in [2.24, 2.45) is 5.92 Å². The number of allylic oxidation sites excluding steroid dienone is 4. The topological polar surface area (TPSA) is 64.1 Å². The summed E-state index contributed by atoms with van der Waals surface area (Å²) in [5.74, 6) is -0.328. The summed E-state index contributed by atoms with van der Waals surface area (Å²) >= 11 is 0. The molecule has 0 radical (unpaired) electrons. The summed E-state index contributed by atoms with van der Waals surface area (Å²) in [6.45, 7) is 12.0. The van der Waals surface area contributed by atoms with Crippen LogP contribution < -0.4 is 4.90 Å². The number of nitrogens with zero attached hydrogens (tertiary/aromatic N) is 3. The SMILES string of the molecule is CC(=O)O.CCCCC(CCC)C1=C=CC=CC(N2CC(C)N(c3ccc(CCN4CCC4)cc3)C2=O)=C1. The first kappa shape index (κ1) is 29.5. The summed E-state index contributed by atoms with van der Waals surface area (Å²) in [7, 11) is 0. The standard InChI is InChI=1S/C30H41N3O.C2H4O2/c1-4-6-11-26(10-5-2)27-12-7-8-13-29(22-27)32-23-24(3)33(30(32)34)28-16-14-25(15-17-28)18-21-31-19-9-20-31;1-2(3)4/h7-8,13-17,22,24,26H,4-6,9-11,18-21,23H2,1-3H3;1H3,(H,3,4). The Morgan fingerprint density at radius 1 is 1.13 bits per heavy atom. The van der Waals surface area contributed by atoms with Gasteiger partial charge in [0, 0.05) is 31.4 Å². The number of anilines is 1. The lowest BCUT2D eigenvalue weighted by atomic mass is 9.89. The third kappa shape index (κ3) is 8.21. The van der Waals surface area contributed by atoms with Crippen LogP contribution in [0.2, 0.25) is 0 Å². The third-order valence-electron chi connectivity index (χ3n) is 7.42. The molecule has 1 aromatic rings. The molecule has 2 aliphatic heterocycles. The van der Waals surface area contributed by atoms with Crippen molar-refractivity contribution in [3.63, 3.8) is 0 Å².